The molecule has 2 N–H and O–H groups in total. The number of nitrogens with one attached hydrogen (secondary N) is 1. The number of carboxylic acids is 1. The van der Waals surface area contributed by atoms with Gasteiger partial charge in [-0.3, -0.25) is 19.3 Å². The van der Waals surface area contributed by atoms with Crippen LogP contribution in [0.4, 0.5) is 10.5 Å². The van der Waals surface area contributed by atoms with Gasteiger partial charge in [-0.05, 0) is 54.6 Å². The van der Waals surface area contributed by atoms with Crippen molar-refractivity contribution in [2.45, 2.75) is 6.92 Å². The maximum Gasteiger partial charge on any atom is 0.336 e. The van der Waals surface area contributed by atoms with E-state index in [1.165, 1.54) is 12.1 Å². The molecule has 2 aromatic carbocycles. The fourth-order valence-corrected chi connectivity index (χ4v) is 4.24. The number of aromatic carboxylic acids is 1. The van der Waals surface area contributed by atoms with Gasteiger partial charge in [-0.1, -0.05) is 35.9 Å². The molecular weight excluding hydrogens is 480 g/mol. The number of imide groups is 1. The number of carbonyl (C=O) groups excluding carboxylic acids is 3. The van der Waals surface area contributed by atoms with E-state index >= 15 is 0 Å². The summed E-state index contributed by atoms with van der Waals surface area (Å²) in [6.45, 7) is 1.37. The van der Waals surface area contributed by atoms with Gasteiger partial charge < -0.3 is 14.8 Å². The molecule has 34 heavy (non-hydrogen) atoms. The van der Waals surface area contributed by atoms with Gasteiger partial charge in [-0.15, -0.1) is 0 Å². The molecule has 0 unspecified atom stereocenters. The number of rotatable bonds is 6. The molecule has 0 saturated carbocycles. The van der Waals surface area contributed by atoms with Crippen LogP contribution in [0.1, 0.15) is 21.7 Å². The number of amides is 3. The Balaban J connectivity index is 1.48. The van der Waals surface area contributed by atoms with E-state index < -0.39 is 29.6 Å². The fourth-order valence-electron chi connectivity index (χ4n) is 3.24. The van der Waals surface area contributed by atoms with E-state index in [0.717, 1.165) is 10.5 Å². The summed E-state index contributed by atoms with van der Waals surface area (Å²) in [7, 11) is 0. The highest BCUT2D eigenvalue weighted by Gasteiger charge is 2.36. The minimum atomic E-state index is -1.10. The molecule has 0 aliphatic carbocycles. The van der Waals surface area contributed by atoms with E-state index in [1.807, 2.05) is 6.92 Å². The molecule has 3 aromatic rings. The summed E-state index contributed by atoms with van der Waals surface area (Å²) in [6.07, 6.45) is 1.38. The molecule has 10 heteroatoms. The van der Waals surface area contributed by atoms with E-state index in [4.69, 9.17) is 16.0 Å². The Hall–Kier alpha value is -3.82. The number of carboxylic acid groups (broad SMARTS) is 1. The lowest BCUT2D eigenvalue weighted by Crippen LogP contribution is -2.36. The highest BCUT2D eigenvalue weighted by molar-refractivity contribution is 8.18. The van der Waals surface area contributed by atoms with Gasteiger partial charge in [0.1, 0.15) is 18.1 Å². The molecule has 3 amide bonds. The van der Waals surface area contributed by atoms with Crippen molar-refractivity contribution in [1.82, 2.24) is 4.90 Å². The third kappa shape index (κ3) is 4.90. The van der Waals surface area contributed by atoms with E-state index in [9.17, 15) is 24.3 Å². The number of aryl methyl sites for hydroxylation is 1. The van der Waals surface area contributed by atoms with Gasteiger partial charge in [-0.2, -0.15) is 0 Å². The van der Waals surface area contributed by atoms with Crippen LogP contribution in [-0.2, 0) is 9.59 Å². The summed E-state index contributed by atoms with van der Waals surface area (Å²) >= 11 is 6.74. The zero-order chi connectivity index (χ0) is 24.4. The largest absolute Gasteiger partial charge is 0.478 e. The van der Waals surface area contributed by atoms with Crippen molar-refractivity contribution in [2.75, 3.05) is 11.9 Å². The minimum absolute atomic E-state index is 0.0737. The number of carbonyl (C=O) groups is 4. The third-order valence-corrected chi connectivity index (χ3v) is 6.27. The molecule has 2 heterocycles. The topological polar surface area (TPSA) is 117 Å². The molecule has 8 nitrogen and oxygen atoms in total. The van der Waals surface area contributed by atoms with Crippen LogP contribution < -0.4 is 5.32 Å². The first-order valence-corrected chi connectivity index (χ1v) is 11.2. The van der Waals surface area contributed by atoms with Crippen LogP contribution in [0.5, 0.6) is 0 Å². The Labute approximate surface area is 203 Å². The Kier molecular flexibility index (Phi) is 6.58. The van der Waals surface area contributed by atoms with E-state index in [1.54, 1.807) is 48.5 Å². The van der Waals surface area contributed by atoms with E-state index in [2.05, 4.69) is 5.32 Å². The van der Waals surface area contributed by atoms with Crippen molar-refractivity contribution in [3.05, 3.63) is 81.4 Å². The van der Waals surface area contributed by atoms with Crippen molar-refractivity contribution in [3.8, 4) is 11.3 Å². The lowest BCUT2D eigenvalue weighted by Gasteiger charge is -2.12. The van der Waals surface area contributed by atoms with E-state index in [-0.39, 0.29) is 16.2 Å². The first-order valence-electron chi connectivity index (χ1n) is 9.97. The SMILES string of the molecule is Cc1ccc(NC(=O)CN2C(=O)S/C(=C\c3ccc(-c4ccccc4C(=O)O)o3)C2=O)cc1Cl. The van der Waals surface area contributed by atoms with E-state index in [0.29, 0.717) is 33.8 Å². The lowest BCUT2D eigenvalue weighted by molar-refractivity contribution is -0.127. The Morgan fingerprint density at radius 3 is 2.65 bits per heavy atom. The van der Waals surface area contributed by atoms with Crippen molar-refractivity contribution >= 4 is 58.1 Å². The highest BCUT2D eigenvalue weighted by atomic mass is 35.5. The first-order chi connectivity index (χ1) is 16.2. The summed E-state index contributed by atoms with van der Waals surface area (Å²) in [5, 5.41) is 11.9. The molecule has 1 saturated heterocycles. The second-order valence-electron chi connectivity index (χ2n) is 7.33. The van der Waals surface area contributed by atoms with Crippen LogP contribution in [0, 0.1) is 6.92 Å². The number of hydrogen-bond donors (Lipinski definition) is 2. The average Bonchev–Trinajstić information content (AvgIpc) is 3.36. The number of anilines is 1. The molecular formula is C24H17ClN2O6S. The second kappa shape index (κ2) is 9.58. The van der Waals surface area contributed by atoms with Crippen LogP contribution in [0.3, 0.4) is 0 Å². The van der Waals surface area contributed by atoms with Crippen LogP contribution in [0.15, 0.2) is 63.9 Å². The van der Waals surface area contributed by atoms with Crippen LogP contribution in [-0.4, -0.2) is 39.6 Å². The molecule has 1 aliphatic heterocycles. The van der Waals surface area contributed by atoms with Gasteiger partial charge in [0.25, 0.3) is 11.1 Å². The minimum Gasteiger partial charge on any atom is -0.478 e. The average molecular weight is 497 g/mol. The number of halogens is 1. The van der Waals surface area contributed by atoms with Crippen LogP contribution in [0.25, 0.3) is 17.4 Å². The van der Waals surface area contributed by atoms with Crippen LogP contribution >= 0.6 is 23.4 Å². The molecule has 0 bridgehead atoms. The molecule has 1 aliphatic rings. The smallest absolute Gasteiger partial charge is 0.336 e. The third-order valence-electron chi connectivity index (χ3n) is 4.95. The lowest BCUT2D eigenvalue weighted by atomic mass is 10.1. The zero-order valence-electron chi connectivity index (χ0n) is 17.7. The van der Waals surface area contributed by atoms with Gasteiger partial charge in [0.15, 0.2) is 0 Å². The number of benzene rings is 2. The van der Waals surface area contributed by atoms with Gasteiger partial charge in [0, 0.05) is 22.3 Å². The summed E-state index contributed by atoms with van der Waals surface area (Å²) in [5.74, 6) is -1.70. The summed E-state index contributed by atoms with van der Waals surface area (Å²) in [5.41, 5.74) is 1.76. The summed E-state index contributed by atoms with van der Waals surface area (Å²) < 4.78 is 5.70. The predicted molar refractivity (Wildman–Crippen MR) is 129 cm³/mol. The summed E-state index contributed by atoms with van der Waals surface area (Å²) in [6, 6.07) is 14.5. The van der Waals surface area contributed by atoms with Gasteiger partial charge in [-0.25, -0.2) is 4.79 Å². The number of thioether (sulfide) groups is 1. The number of furan rings is 1. The van der Waals surface area contributed by atoms with Crippen molar-refractivity contribution in [3.63, 3.8) is 0 Å². The quantitative estimate of drug-likeness (QED) is 0.446. The fraction of sp³-hybridized carbons (Fsp3) is 0.0833. The normalized spacial score (nSPS) is 14.6. The molecule has 0 atom stereocenters. The maximum absolute atomic E-state index is 12.7. The molecule has 4 rings (SSSR count). The Morgan fingerprint density at radius 1 is 1.15 bits per heavy atom. The van der Waals surface area contributed by atoms with Gasteiger partial charge in [0.2, 0.25) is 5.91 Å². The maximum atomic E-state index is 12.7. The molecule has 172 valence electrons. The summed E-state index contributed by atoms with van der Waals surface area (Å²) in [4.78, 5) is 49.8. The van der Waals surface area contributed by atoms with Crippen molar-refractivity contribution in [2.24, 2.45) is 0 Å². The van der Waals surface area contributed by atoms with Crippen molar-refractivity contribution < 1.29 is 28.7 Å². The molecule has 1 aromatic heterocycles. The first kappa shape index (κ1) is 23.3. The van der Waals surface area contributed by atoms with Crippen LogP contribution in [0.2, 0.25) is 5.02 Å². The molecule has 0 spiro atoms. The monoisotopic (exact) mass is 496 g/mol. The predicted octanol–water partition coefficient (Wildman–Crippen LogP) is 5.28. The second-order valence-corrected chi connectivity index (χ2v) is 8.73. The highest BCUT2D eigenvalue weighted by Crippen LogP contribution is 2.34. The Bertz CT molecular complexity index is 1360. The Morgan fingerprint density at radius 2 is 1.91 bits per heavy atom. The molecule has 0 radical (unpaired) electrons. The number of nitrogens with zero attached hydrogens (tertiary/aromatic N) is 1. The van der Waals surface area contributed by atoms with Gasteiger partial charge >= 0.3 is 5.97 Å². The molecule has 1 fully saturated rings. The number of hydrogen-bond acceptors (Lipinski definition) is 6. The van der Waals surface area contributed by atoms with Crippen molar-refractivity contribution in [1.29, 1.82) is 0 Å². The zero-order valence-corrected chi connectivity index (χ0v) is 19.3. The standard InChI is InChI=1S/C24H17ClN2O6S/c1-13-6-7-14(10-18(13)25)26-21(28)12-27-22(29)20(34-24(27)32)11-15-8-9-19(33-15)16-4-2-3-5-17(16)23(30)31/h2-11H,12H2,1H3,(H,26,28)(H,30,31)/b20-11-. The van der Waals surface area contributed by atoms with Gasteiger partial charge in [0.05, 0.1) is 10.5 Å².